The molecule has 9 nitrogen and oxygen atoms in total. The van der Waals surface area contributed by atoms with Gasteiger partial charge in [-0.05, 0) is 44.5 Å². The van der Waals surface area contributed by atoms with Gasteiger partial charge in [-0.25, -0.2) is 14.8 Å². The van der Waals surface area contributed by atoms with Gasteiger partial charge in [0.2, 0.25) is 0 Å². The Kier molecular flexibility index (Phi) is 7.74. The molecule has 0 aliphatic carbocycles. The zero-order valence-electron chi connectivity index (χ0n) is 19.8. The molecule has 0 radical (unpaired) electrons. The zero-order valence-corrected chi connectivity index (χ0v) is 19.8. The first-order chi connectivity index (χ1) is 16.1. The number of hydrogen-bond acceptors (Lipinski definition) is 7. The van der Waals surface area contributed by atoms with E-state index in [0.29, 0.717) is 32.2 Å². The fourth-order valence-corrected chi connectivity index (χ4v) is 4.41. The molecule has 2 aliphatic rings. The largest absolute Gasteiger partial charge is 0.383 e. The van der Waals surface area contributed by atoms with Crippen molar-refractivity contribution in [1.29, 1.82) is 0 Å². The third-order valence-electron chi connectivity index (χ3n) is 6.24. The Morgan fingerprint density at radius 2 is 1.94 bits per heavy atom. The van der Waals surface area contributed by atoms with Gasteiger partial charge in [-0.15, -0.1) is 0 Å². The van der Waals surface area contributed by atoms with Gasteiger partial charge in [0.25, 0.3) is 0 Å². The zero-order chi connectivity index (χ0) is 23.2. The van der Waals surface area contributed by atoms with E-state index >= 15 is 0 Å². The molecule has 2 amide bonds. The maximum absolute atomic E-state index is 11.8. The van der Waals surface area contributed by atoms with Crippen LogP contribution in [0.4, 0.5) is 16.3 Å². The number of methoxy groups -OCH3 is 1. The Balaban J connectivity index is 1.67. The number of fused-ring (bicyclic) bond motifs is 1. The number of benzene rings is 1. The van der Waals surface area contributed by atoms with Crippen molar-refractivity contribution in [3.8, 4) is 11.4 Å². The van der Waals surface area contributed by atoms with Crippen LogP contribution in [0.5, 0.6) is 0 Å². The summed E-state index contributed by atoms with van der Waals surface area (Å²) in [5, 5.41) is 5.57. The smallest absolute Gasteiger partial charge is 0.319 e. The predicted octanol–water partition coefficient (Wildman–Crippen LogP) is 2.69. The van der Waals surface area contributed by atoms with E-state index in [1.807, 2.05) is 31.2 Å². The molecule has 2 N–H and O–H groups in total. The number of morpholine rings is 1. The monoisotopic (exact) mass is 454 g/mol. The first-order valence-corrected chi connectivity index (χ1v) is 11.7. The van der Waals surface area contributed by atoms with Crippen molar-refractivity contribution in [2.24, 2.45) is 0 Å². The molecule has 1 aromatic carbocycles. The SMILES string of the molecule is CCNC(=O)Nc1ccc(-c2nc3c(c(N4CCOCC4)n2)CCN(CCOC)[C@H]3C)cc1. The average Bonchev–Trinajstić information content (AvgIpc) is 2.84. The summed E-state index contributed by atoms with van der Waals surface area (Å²) < 4.78 is 10.9. The summed E-state index contributed by atoms with van der Waals surface area (Å²) in [4.78, 5) is 26.6. The van der Waals surface area contributed by atoms with Crippen LogP contribution in [0.1, 0.15) is 31.1 Å². The third-order valence-corrected chi connectivity index (χ3v) is 6.24. The van der Waals surface area contributed by atoms with Gasteiger partial charge in [0.1, 0.15) is 5.82 Å². The Hall–Kier alpha value is -2.75. The van der Waals surface area contributed by atoms with Crippen LogP contribution < -0.4 is 15.5 Å². The van der Waals surface area contributed by atoms with Gasteiger partial charge >= 0.3 is 6.03 Å². The van der Waals surface area contributed by atoms with E-state index in [1.165, 1.54) is 5.56 Å². The molecule has 33 heavy (non-hydrogen) atoms. The predicted molar refractivity (Wildman–Crippen MR) is 129 cm³/mol. The van der Waals surface area contributed by atoms with Gasteiger partial charge < -0.3 is 25.0 Å². The molecule has 4 rings (SSSR count). The summed E-state index contributed by atoms with van der Waals surface area (Å²) >= 11 is 0. The van der Waals surface area contributed by atoms with E-state index in [2.05, 4.69) is 27.4 Å². The number of urea groups is 1. The fourth-order valence-electron chi connectivity index (χ4n) is 4.41. The Morgan fingerprint density at radius 1 is 1.18 bits per heavy atom. The minimum absolute atomic E-state index is 0.184. The quantitative estimate of drug-likeness (QED) is 0.665. The number of amides is 2. The third kappa shape index (κ3) is 5.43. The van der Waals surface area contributed by atoms with Crippen molar-refractivity contribution in [3.05, 3.63) is 35.5 Å². The van der Waals surface area contributed by atoms with Gasteiger partial charge in [0, 0.05) is 62.7 Å². The van der Waals surface area contributed by atoms with Crippen LogP contribution in [0.3, 0.4) is 0 Å². The number of rotatable bonds is 7. The molecular formula is C24H34N6O3. The molecule has 1 aromatic heterocycles. The minimum Gasteiger partial charge on any atom is -0.383 e. The highest BCUT2D eigenvalue weighted by Crippen LogP contribution is 2.35. The summed E-state index contributed by atoms with van der Waals surface area (Å²) in [6.07, 6.45) is 0.922. The molecule has 178 valence electrons. The highest BCUT2D eigenvalue weighted by molar-refractivity contribution is 5.89. The van der Waals surface area contributed by atoms with Crippen LogP contribution in [0.25, 0.3) is 11.4 Å². The normalized spacial score (nSPS) is 18.6. The van der Waals surface area contributed by atoms with Crippen LogP contribution in [-0.4, -0.2) is 80.6 Å². The molecule has 1 saturated heterocycles. The lowest BCUT2D eigenvalue weighted by molar-refractivity contribution is 0.116. The standard InChI is InChI=1S/C24H34N6O3/c1-4-25-24(31)26-19-7-5-18(6-8-19)22-27-21-17(2)29(11-14-32-3)10-9-20(21)23(28-22)30-12-15-33-16-13-30/h5-8,17H,4,9-16H2,1-3H3,(H2,25,26,31)/t17-/m0/s1. The maximum Gasteiger partial charge on any atom is 0.319 e. The average molecular weight is 455 g/mol. The number of nitrogens with zero attached hydrogens (tertiary/aromatic N) is 4. The summed E-state index contributed by atoms with van der Waals surface area (Å²) in [5.41, 5.74) is 4.00. The highest BCUT2D eigenvalue weighted by atomic mass is 16.5. The fraction of sp³-hybridized carbons (Fsp3) is 0.542. The van der Waals surface area contributed by atoms with Gasteiger partial charge in [-0.3, -0.25) is 4.90 Å². The molecule has 0 spiro atoms. The van der Waals surface area contributed by atoms with E-state index in [0.717, 1.165) is 55.4 Å². The lowest BCUT2D eigenvalue weighted by atomic mass is 9.98. The lowest BCUT2D eigenvalue weighted by Crippen LogP contribution is -2.41. The van der Waals surface area contributed by atoms with E-state index in [9.17, 15) is 4.79 Å². The second kappa shape index (κ2) is 10.9. The van der Waals surface area contributed by atoms with Gasteiger partial charge in [-0.1, -0.05) is 0 Å². The molecule has 9 heteroatoms. The topological polar surface area (TPSA) is 91.9 Å². The van der Waals surface area contributed by atoms with Crippen molar-refractivity contribution < 1.29 is 14.3 Å². The molecule has 1 fully saturated rings. The number of nitrogens with one attached hydrogen (secondary N) is 2. The molecule has 2 aromatic rings. The minimum atomic E-state index is -0.213. The first-order valence-electron chi connectivity index (χ1n) is 11.7. The van der Waals surface area contributed by atoms with Crippen LogP contribution in [0.15, 0.2) is 24.3 Å². The molecule has 0 bridgehead atoms. The summed E-state index contributed by atoms with van der Waals surface area (Å²) in [5.74, 6) is 1.74. The Labute approximate surface area is 195 Å². The van der Waals surface area contributed by atoms with Crippen molar-refractivity contribution in [1.82, 2.24) is 20.2 Å². The van der Waals surface area contributed by atoms with Gasteiger partial charge in [-0.2, -0.15) is 0 Å². The number of hydrogen-bond donors (Lipinski definition) is 2. The Morgan fingerprint density at radius 3 is 2.64 bits per heavy atom. The lowest BCUT2D eigenvalue weighted by Gasteiger charge is -2.37. The molecule has 0 saturated carbocycles. The number of anilines is 2. The molecule has 2 aliphatic heterocycles. The number of carbonyl (C=O) groups excluding carboxylic acids is 1. The van der Waals surface area contributed by atoms with E-state index in [-0.39, 0.29) is 12.1 Å². The van der Waals surface area contributed by atoms with Crippen molar-refractivity contribution in [2.75, 3.05) is 69.9 Å². The second-order valence-electron chi connectivity index (χ2n) is 8.35. The van der Waals surface area contributed by atoms with Crippen molar-refractivity contribution in [3.63, 3.8) is 0 Å². The van der Waals surface area contributed by atoms with E-state index in [4.69, 9.17) is 19.4 Å². The molecule has 1 atom stereocenters. The molecule has 0 unspecified atom stereocenters. The van der Waals surface area contributed by atoms with Crippen molar-refractivity contribution >= 4 is 17.5 Å². The Bertz CT molecular complexity index is 946. The van der Waals surface area contributed by atoms with Crippen LogP contribution >= 0.6 is 0 Å². The van der Waals surface area contributed by atoms with E-state index < -0.39 is 0 Å². The molecule has 3 heterocycles. The maximum atomic E-state index is 11.8. The van der Waals surface area contributed by atoms with Crippen molar-refractivity contribution in [2.45, 2.75) is 26.3 Å². The summed E-state index contributed by atoms with van der Waals surface area (Å²) in [6.45, 7) is 10.3. The summed E-state index contributed by atoms with van der Waals surface area (Å²) in [6, 6.07) is 7.66. The van der Waals surface area contributed by atoms with E-state index in [1.54, 1.807) is 7.11 Å². The number of ether oxygens (including phenoxy) is 2. The number of aromatic nitrogens is 2. The summed E-state index contributed by atoms with van der Waals surface area (Å²) in [7, 11) is 1.74. The number of carbonyl (C=O) groups is 1. The second-order valence-corrected chi connectivity index (χ2v) is 8.35. The highest BCUT2D eigenvalue weighted by Gasteiger charge is 2.30. The van der Waals surface area contributed by atoms with Gasteiger partial charge in [0.05, 0.1) is 25.5 Å². The van der Waals surface area contributed by atoms with Crippen LogP contribution in [0, 0.1) is 0 Å². The van der Waals surface area contributed by atoms with Crippen LogP contribution in [0.2, 0.25) is 0 Å². The first kappa shape index (κ1) is 23.4. The molecular weight excluding hydrogens is 420 g/mol. The van der Waals surface area contributed by atoms with Gasteiger partial charge in [0.15, 0.2) is 5.82 Å². The van der Waals surface area contributed by atoms with Crippen LogP contribution in [-0.2, 0) is 15.9 Å².